The molecule has 0 spiro atoms. The van der Waals surface area contributed by atoms with Gasteiger partial charge in [-0.2, -0.15) is 0 Å². The van der Waals surface area contributed by atoms with Crippen LogP contribution < -0.4 is 0 Å². The highest BCUT2D eigenvalue weighted by molar-refractivity contribution is 5.85. The molecule has 1 aromatic rings. The first kappa shape index (κ1) is 9.25. The van der Waals surface area contributed by atoms with Gasteiger partial charge in [-0.3, -0.25) is 0 Å². The van der Waals surface area contributed by atoms with Gasteiger partial charge in [0.1, 0.15) is 11.5 Å². The second-order valence-electron chi connectivity index (χ2n) is 2.54. The molecule has 0 amide bonds. The zero-order chi connectivity index (χ0) is 9.84. The average Bonchev–Trinajstić information content (AvgIpc) is 2.52. The highest BCUT2D eigenvalue weighted by Gasteiger charge is 2.07. The molecule has 0 aliphatic carbocycles. The van der Waals surface area contributed by atoms with Gasteiger partial charge in [0.25, 0.3) is 0 Å². The molecule has 0 radical (unpaired) electrons. The summed E-state index contributed by atoms with van der Waals surface area (Å²) in [5, 5.41) is 8.60. The molecule has 1 heterocycles. The van der Waals surface area contributed by atoms with Gasteiger partial charge in [0, 0.05) is 0 Å². The molecule has 0 fully saturated rings. The van der Waals surface area contributed by atoms with E-state index in [4.69, 9.17) is 5.11 Å². The van der Waals surface area contributed by atoms with Crippen molar-refractivity contribution in [2.45, 2.75) is 6.92 Å². The Morgan fingerprint density at radius 2 is 2.46 bits per heavy atom. The second-order valence-corrected chi connectivity index (χ2v) is 2.54. The fraction of sp³-hybridized carbons (Fsp3) is 0.111. The van der Waals surface area contributed by atoms with Gasteiger partial charge in [-0.05, 0) is 12.5 Å². The molecule has 0 saturated carbocycles. The Morgan fingerprint density at radius 1 is 1.77 bits per heavy atom. The third kappa shape index (κ3) is 2.05. The van der Waals surface area contributed by atoms with Gasteiger partial charge in [0.2, 0.25) is 0 Å². The lowest BCUT2D eigenvalue weighted by Crippen LogP contribution is -1.95. The topological polar surface area (TPSA) is 66.0 Å². The Kier molecular flexibility index (Phi) is 2.64. The van der Waals surface area contributed by atoms with Crippen LogP contribution in [0.2, 0.25) is 0 Å². The molecule has 0 saturated heterocycles. The molecule has 2 N–H and O–H groups in total. The van der Waals surface area contributed by atoms with Crippen molar-refractivity contribution in [2.24, 2.45) is 0 Å². The minimum Gasteiger partial charge on any atom is -0.477 e. The van der Waals surface area contributed by atoms with E-state index in [1.54, 1.807) is 12.2 Å². The van der Waals surface area contributed by atoms with E-state index in [9.17, 15) is 4.79 Å². The molecule has 1 rings (SSSR count). The van der Waals surface area contributed by atoms with Crippen molar-refractivity contribution in [3.05, 3.63) is 36.4 Å². The number of nitrogens with one attached hydrogen (secondary N) is 1. The van der Waals surface area contributed by atoms with Crippen molar-refractivity contribution in [3.63, 3.8) is 0 Å². The van der Waals surface area contributed by atoms with E-state index < -0.39 is 5.97 Å². The Labute approximate surface area is 75.6 Å². The van der Waals surface area contributed by atoms with Crippen LogP contribution in [0.3, 0.4) is 0 Å². The van der Waals surface area contributed by atoms with Crippen LogP contribution >= 0.6 is 0 Å². The number of hydrogen-bond donors (Lipinski definition) is 2. The van der Waals surface area contributed by atoms with Gasteiger partial charge >= 0.3 is 5.97 Å². The van der Waals surface area contributed by atoms with E-state index in [2.05, 4.69) is 16.5 Å². The van der Waals surface area contributed by atoms with E-state index in [1.807, 2.05) is 6.92 Å². The van der Waals surface area contributed by atoms with Crippen LogP contribution in [0.25, 0.3) is 5.57 Å². The van der Waals surface area contributed by atoms with Crippen LogP contribution in [0.5, 0.6) is 0 Å². The number of aromatic amines is 1. The highest BCUT2D eigenvalue weighted by atomic mass is 16.4. The number of carboxylic acids is 1. The van der Waals surface area contributed by atoms with Crippen molar-refractivity contribution >= 4 is 11.5 Å². The number of carboxylic acid groups (broad SMARTS) is 1. The van der Waals surface area contributed by atoms with Gasteiger partial charge in [-0.1, -0.05) is 18.7 Å². The van der Waals surface area contributed by atoms with Crippen LogP contribution in [0.4, 0.5) is 0 Å². The highest BCUT2D eigenvalue weighted by Crippen LogP contribution is 2.09. The van der Waals surface area contributed by atoms with E-state index in [0.717, 1.165) is 5.57 Å². The summed E-state index contributed by atoms with van der Waals surface area (Å²) in [4.78, 5) is 17.1. The van der Waals surface area contributed by atoms with Crippen molar-refractivity contribution in [1.82, 2.24) is 9.97 Å². The molecule has 0 unspecified atom stereocenters. The third-order valence-corrected chi connectivity index (χ3v) is 1.55. The molecule has 0 aliphatic rings. The van der Waals surface area contributed by atoms with Gasteiger partial charge in [0.05, 0.1) is 6.20 Å². The molecular weight excluding hydrogens is 168 g/mol. The molecule has 68 valence electrons. The molecule has 0 atom stereocenters. The number of aromatic carboxylic acids is 1. The summed E-state index contributed by atoms with van der Waals surface area (Å²) in [6.07, 6.45) is 4.67. The van der Waals surface area contributed by atoms with Gasteiger partial charge < -0.3 is 10.1 Å². The fourth-order valence-corrected chi connectivity index (χ4v) is 0.886. The summed E-state index contributed by atoms with van der Waals surface area (Å²) < 4.78 is 0. The monoisotopic (exact) mass is 178 g/mol. The van der Waals surface area contributed by atoms with Crippen molar-refractivity contribution in [2.75, 3.05) is 0 Å². The summed E-state index contributed by atoms with van der Waals surface area (Å²) >= 11 is 0. The minimum atomic E-state index is -1.01. The van der Waals surface area contributed by atoms with E-state index in [1.165, 1.54) is 6.20 Å². The molecule has 13 heavy (non-hydrogen) atoms. The van der Waals surface area contributed by atoms with Gasteiger partial charge in [-0.25, -0.2) is 9.78 Å². The summed E-state index contributed by atoms with van der Waals surface area (Å²) in [6, 6.07) is 0. The lowest BCUT2D eigenvalue weighted by Gasteiger charge is -1.92. The minimum absolute atomic E-state index is 0.0896. The fourth-order valence-electron chi connectivity index (χ4n) is 0.886. The number of nitrogens with zero attached hydrogens (tertiary/aromatic N) is 1. The standard InChI is InChI=1S/C9H10N2O2/c1-3-4-6(2)8-10-5-7(11-8)9(12)13/h3-5H,1H2,2H3,(H,10,11)(H,12,13)/b6-4+. The van der Waals surface area contributed by atoms with Crippen LogP contribution in [-0.2, 0) is 0 Å². The van der Waals surface area contributed by atoms with E-state index in [-0.39, 0.29) is 5.69 Å². The normalized spacial score (nSPS) is 11.3. The lowest BCUT2D eigenvalue weighted by atomic mass is 10.3. The second kappa shape index (κ2) is 3.71. The Hall–Kier alpha value is -1.84. The number of imidazole rings is 1. The zero-order valence-electron chi connectivity index (χ0n) is 7.24. The smallest absolute Gasteiger partial charge is 0.353 e. The van der Waals surface area contributed by atoms with Crippen LogP contribution in [-0.4, -0.2) is 21.0 Å². The molecule has 4 nitrogen and oxygen atoms in total. The molecule has 4 heteroatoms. The number of rotatable bonds is 3. The number of hydrogen-bond acceptors (Lipinski definition) is 2. The van der Waals surface area contributed by atoms with Gasteiger partial charge in [-0.15, -0.1) is 0 Å². The van der Waals surface area contributed by atoms with Gasteiger partial charge in [0.15, 0.2) is 0 Å². The largest absolute Gasteiger partial charge is 0.477 e. The van der Waals surface area contributed by atoms with Crippen LogP contribution in [0, 0.1) is 0 Å². The van der Waals surface area contributed by atoms with Crippen LogP contribution in [0.15, 0.2) is 24.9 Å². The van der Waals surface area contributed by atoms with Crippen molar-refractivity contribution in [1.29, 1.82) is 0 Å². The molecular formula is C9H10N2O2. The Bertz CT molecular complexity index is 363. The maximum atomic E-state index is 10.5. The zero-order valence-corrected chi connectivity index (χ0v) is 7.24. The quantitative estimate of drug-likeness (QED) is 0.692. The maximum absolute atomic E-state index is 10.5. The number of aromatic nitrogens is 2. The molecule has 0 bridgehead atoms. The Balaban J connectivity index is 2.98. The number of H-pyrrole nitrogens is 1. The SMILES string of the molecule is C=C/C=C(\C)c1ncc(C(=O)O)[nH]1. The summed E-state index contributed by atoms with van der Waals surface area (Å²) in [5.41, 5.74) is 0.939. The first-order chi connectivity index (χ1) is 6.15. The first-order valence-corrected chi connectivity index (χ1v) is 3.73. The summed E-state index contributed by atoms with van der Waals surface area (Å²) in [5.74, 6) is -0.456. The number of carbonyl (C=O) groups is 1. The van der Waals surface area contributed by atoms with E-state index >= 15 is 0 Å². The number of allylic oxidation sites excluding steroid dienone is 3. The predicted octanol–water partition coefficient (Wildman–Crippen LogP) is 1.70. The summed E-state index contributed by atoms with van der Waals surface area (Å²) in [7, 11) is 0. The first-order valence-electron chi connectivity index (χ1n) is 3.73. The molecule has 1 aromatic heterocycles. The van der Waals surface area contributed by atoms with Crippen LogP contribution in [0.1, 0.15) is 23.2 Å². The van der Waals surface area contributed by atoms with E-state index in [0.29, 0.717) is 5.82 Å². The molecule has 0 aromatic carbocycles. The van der Waals surface area contributed by atoms with Crippen molar-refractivity contribution < 1.29 is 9.90 Å². The average molecular weight is 178 g/mol. The summed E-state index contributed by atoms with van der Waals surface area (Å²) in [6.45, 7) is 5.36. The maximum Gasteiger partial charge on any atom is 0.353 e. The third-order valence-electron chi connectivity index (χ3n) is 1.55. The predicted molar refractivity (Wildman–Crippen MR) is 49.4 cm³/mol. The van der Waals surface area contributed by atoms with Crippen molar-refractivity contribution in [3.8, 4) is 0 Å². The molecule has 0 aliphatic heterocycles. The Morgan fingerprint density at radius 3 is 2.92 bits per heavy atom. The lowest BCUT2D eigenvalue weighted by molar-refractivity contribution is 0.0691.